The molecule has 0 radical (unpaired) electrons. The van der Waals surface area contributed by atoms with Crippen molar-refractivity contribution in [2.24, 2.45) is 0 Å². The molecule has 3 aromatic carbocycles. The number of nitrogens with one attached hydrogen (secondary N) is 1. The van der Waals surface area contributed by atoms with Crippen LogP contribution in [-0.4, -0.2) is 50.5 Å². The topological polar surface area (TPSA) is 86.8 Å². The molecule has 40 heavy (non-hydrogen) atoms. The van der Waals surface area contributed by atoms with Gasteiger partial charge in [0.25, 0.3) is 0 Å². The van der Waals surface area contributed by atoms with Gasteiger partial charge in [-0.2, -0.15) is 0 Å². The van der Waals surface area contributed by atoms with Crippen molar-refractivity contribution in [1.82, 2.24) is 10.2 Å². The van der Waals surface area contributed by atoms with Crippen molar-refractivity contribution in [1.29, 1.82) is 0 Å². The highest BCUT2D eigenvalue weighted by Gasteiger charge is 2.30. The fourth-order valence-electron chi connectivity index (χ4n) is 4.45. The molecule has 0 saturated heterocycles. The Morgan fingerprint density at radius 1 is 0.950 bits per heavy atom. The van der Waals surface area contributed by atoms with Crippen LogP contribution in [0.3, 0.4) is 0 Å². The summed E-state index contributed by atoms with van der Waals surface area (Å²) < 4.78 is 26.4. The SMILES string of the molecule is CCCNC(=O)[C@@H](Cc1ccccc1)N(Cc1ccc(C)cc1)C(=O)CCCN(c1cccc(Cl)c1)S(C)(=O)=O. The Balaban J connectivity index is 1.86. The van der Waals surface area contributed by atoms with Gasteiger partial charge < -0.3 is 10.2 Å². The summed E-state index contributed by atoms with van der Waals surface area (Å²) in [5.74, 6) is -0.421. The predicted molar refractivity (Wildman–Crippen MR) is 162 cm³/mol. The lowest BCUT2D eigenvalue weighted by Crippen LogP contribution is -2.50. The monoisotopic (exact) mass is 583 g/mol. The van der Waals surface area contributed by atoms with Crippen LogP contribution in [0, 0.1) is 6.92 Å². The Morgan fingerprint density at radius 2 is 1.65 bits per heavy atom. The summed E-state index contributed by atoms with van der Waals surface area (Å²) in [5.41, 5.74) is 3.41. The third-order valence-corrected chi connectivity index (χ3v) is 7.97. The zero-order chi connectivity index (χ0) is 29.1. The maximum absolute atomic E-state index is 13.8. The Morgan fingerprint density at radius 3 is 2.27 bits per heavy atom. The van der Waals surface area contributed by atoms with E-state index in [4.69, 9.17) is 11.6 Å². The molecule has 2 amide bonds. The maximum atomic E-state index is 13.8. The molecule has 0 spiro atoms. The first-order valence-electron chi connectivity index (χ1n) is 13.5. The first-order valence-corrected chi connectivity index (χ1v) is 15.7. The van der Waals surface area contributed by atoms with Crippen molar-refractivity contribution in [3.8, 4) is 0 Å². The molecular formula is C31H38ClN3O4S. The van der Waals surface area contributed by atoms with Crippen LogP contribution in [0.15, 0.2) is 78.9 Å². The average molecular weight is 584 g/mol. The number of amides is 2. The van der Waals surface area contributed by atoms with E-state index in [-0.39, 0.29) is 37.7 Å². The number of hydrogen-bond acceptors (Lipinski definition) is 4. The minimum atomic E-state index is -3.60. The smallest absolute Gasteiger partial charge is 0.243 e. The summed E-state index contributed by atoms with van der Waals surface area (Å²) in [5, 5.41) is 3.40. The van der Waals surface area contributed by atoms with E-state index in [1.54, 1.807) is 29.2 Å². The summed E-state index contributed by atoms with van der Waals surface area (Å²) >= 11 is 6.10. The van der Waals surface area contributed by atoms with Crippen LogP contribution in [-0.2, 0) is 32.6 Å². The van der Waals surface area contributed by atoms with Gasteiger partial charge in [0.15, 0.2) is 0 Å². The molecule has 9 heteroatoms. The van der Waals surface area contributed by atoms with Gasteiger partial charge in [0.05, 0.1) is 11.9 Å². The fraction of sp³-hybridized carbons (Fsp3) is 0.355. The highest BCUT2D eigenvalue weighted by atomic mass is 35.5. The second-order valence-electron chi connectivity index (χ2n) is 9.92. The minimum Gasteiger partial charge on any atom is -0.354 e. The Hall–Kier alpha value is -3.36. The minimum absolute atomic E-state index is 0.0742. The Bertz CT molecular complexity index is 1360. The molecular weight excluding hydrogens is 546 g/mol. The number of carbonyl (C=O) groups is 2. The highest BCUT2D eigenvalue weighted by molar-refractivity contribution is 7.92. The van der Waals surface area contributed by atoms with Gasteiger partial charge in [0, 0.05) is 37.5 Å². The number of carbonyl (C=O) groups excluding carboxylic acids is 2. The second-order valence-corrected chi connectivity index (χ2v) is 12.3. The molecule has 0 aliphatic carbocycles. The molecule has 0 heterocycles. The number of halogens is 1. The van der Waals surface area contributed by atoms with Crippen molar-refractivity contribution in [3.05, 3.63) is 101 Å². The van der Waals surface area contributed by atoms with E-state index in [9.17, 15) is 18.0 Å². The van der Waals surface area contributed by atoms with E-state index in [1.807, 2.05) is 68.4 Å². The van der Waals surface area contributed by atoms with Crippen LogP contribution in [0.2, 0.25) is 5.02 Å². The predicted octanol–water partition coefficient (Wildman–Crippen LogP) is 5.36. The number of nitrogens with zero attached hydrogens (tertiary/aromatic N) is 2. The van der Waals surface area contributed by atoms with Crippen molar-refractivity contribution >= 4 is 39.1 Å². The van der Waals surface area contributed by atoms with Gasteiger partial charge in [-0.15, -0.1) is 0 Å². The number of rotatable bonds is 14. The van der Waals surface area contributed by atoms with Gasteiger partial charge >= 0.3 is 0 Å². The van der Waals surface area contributed by atoms with E-state index < -0.39 is 16.1 Å². The number of aryl methyl sites for hydroxylation is 1. The molecule has 0 aromatic heterocycles. The van der Waals surface area contributed by atoms with Crippen LogP contribution in [0.4, 0.5) is 5.69 Å². The van der Waals surface area contributed by atoms with Crippen LogP contribution < -0.4 is 9.62 Å². The summed E-state index contributed by atoms with van der Waals surface area (Å²) in [6, 6.07) is 23.4. The molecule has 0 saturated carbocycles. The Kier molecular flexibility index (Phi) is 11.6. The molecule has 3 aromatic rings. The number of sulfonamides is 1. The highest BCUT2D eigenvalue weighted by Crippen LogP contribution is 2.23. The first-order chi connectivity index (χ1) is 19.1. The van der Waals surface area contributed by atoms with E-state index in [0.29, 0.717) is 23.7 Å². The van der Waals surface area contributed by atoms with E-state index in [0.717, 1.165) is 29.4 Å². The third kappa shape index (κ3) is 9.38. The van der Waals surface area contributed by atoms with Crippen LogP contribution in [0.1, 0.15) is 42.9 Å². The molecule has 1 N–H and O–H groups in total. The molecule has 1 atom stereocenters. The average Bonchev–Trinajstić information content (AvgIpc) is 2.92. The fourth-order valence-corrected chi connectivity index (χ4v) is 5.59. The van der Waals surface area contributed by atoms with Crippen molar-refractivity contribution in [2.75, 3.05) is 23.7 Å². The molecule has 0 fully saturated rings. The van der Waals surface area contributed by atoms with Crippen LogP contribution in [0.5, 0.6) is 0 Å². The number of hydrogen-bond donors (Lipinski definition) is 1. The summed E-state index contributed by atoms with van der Waals surface area (Å²) in [6.45, 7) is 4.86. The Labute approximate surface area is 243 Å². The van der Waals surface area contributed by atoms with Gasteiger partial charge in [0.1, 0.15) is 6.04 Å². The molecule has 0 unspecified atom stereocenters. The van der Waals surface area contributed by atoms with Gasteiger partial charge in [-0.25, -0.2) is 8.42 Å². The lowest BCUT2D eigenvalue weighted by molar-refractivity contribution is -0.141. The largest absolute Gasteiger partial charge is 0.354 e. The van der Waals surface area contributed by atoms with Crippen LogP contribution in [0.25, 0.3) is 0 Å². The second kappa shape index (κ2) is 14.9. The van der Waals surface area contributed by atoms with Gasteiger partial charge in [-0.05, 0) is 49.1 Å². The summed E-state index contributed by atoms with van der Waals surface area (Å²) in [4.78, 5) is 28.9. The molecule has 0 aliphatic heterocycles. The number of benzene rings is 3. The zero-order valence-corrected chi connectivity index (χ0v) is 24.9. The first kappa shape index (κ1) is 31.2. The van der Waals surface area contributed by atoms with E-state index in [2.05, 4.69) is 5.32 Å². The molecule has 214 valence electrons. The van der Waals surface area contributed by atoms with Crippen molar-refractivity contribution in [3.63, 3.8) is 0 Å². The van der Waals surface area contributed by atoms with E-state index in [1.165, 1.54) is 4.31 Å². The molecule has 7 nitrogen and oxygen atoms in total. The maximum Gasteiger partial charge on any atom is 0.243 e. The molecule has 0 aliphatic rings. The zero-order valence-electron chi connectivity index (χ0n) is 23.3. The lowest BCUT2D eigenvalue weighted by atomic mass is 10.0. The van der Waals surface area contributed by atoms with Crippen LogP contribution >= 0.6 is 11.6 Å². The molecule has 0 bridgehead atoms. The van der Waals surface area contributed by atoms with Crippen molar-refractivity contribution < 1.29 is 18.0 Å². The van der Waals surface area contributed by atoms with Gasteiger partial charge in [-0.1, -0.05) is 84.8 Å². The third-order valence-electron chi connectivity index (χ3n) is 6.54. The van der Waals surface area contributed by atoms with Gasteiger partial charge in [0.2, 0.25) is 21.8 Å². The van der Waals surface area contributed by atoms with Crippen molar-refractivity contribution in [2.45, 2.75) is 52.1 Å². The quantitative estimate of drug-likeness (QED) is 0.277. The summed E-state index contributed by atoms with van der Waals surface area (Å²) in [7, 11) is -3.60. The van der Waals surface area contributed by atoms with E-state index >= 15 is 0 Å². The lowest BCUT2D eigenvalue weighted by Gasteiger charge is -2.32. The standard InChI is InChI=1S/C31H38ClN3O4S/c1-4-19-33-31(37)29(21-25-10-6-5-7-11-25)34(23-26-17-15-24(2)16-18-26)30(36)14-9-20-35(40(3,38)39)28-13-8-12-27(32)22-28/h5-8,10-13,15-18,22,29H,4,9,14,19-21,23H2,1-3H3,(H,33,37)/t29-/m1/s1. The number of anilines is 1. The normalized spacial score (nSPS) is 12.0. The molecule has 3 rings (SSSR count). The van der Waals surface area contributed by atoms with Gasteiger partial charge in [-0.3, -0.25) is 13.9 Å². The summed E-state index contributed by atoms with van der Waals surface area (Å²) in [6.07, 6.45) is 2.63.